The number of aliphatic hydroxyl groups excluding tert-OH is 1. The van der Waals surface area contributed by atoms with Crippen LogP contribution >= 0.6 is 0 Å². The Balaban J connectivity index is 1.63. The molecule has 34 heavy (non-hydrogen) atoms. The Bertz CT molecular complexity index is 967. The predicted molar refractivity (Wildman–Crippen MR) is 128 cm³/mol. The van der Waals surface area contributed by atoms with Crippen molar-refractivity contribution in [1.29, 1.82) is 0 Å². The van der Waals surface area contributed by atoms with Crippen LogP contribution in [0, 0.1) is 17.5 Å². The summed E-state index contributed by atoms with van der Waals surface area (Å²) in [6, 6.07) is 6.68. The topological polar surface area (TPSA) is 71.0 Å². The molecule has 6 nitrogen and oxygen atoms in total. The van der Waals surface area contributed by atoms with E-state index in [1.54, 1.807) is 11.0 Å². The second-order valence-electron chi connectivity index (χ2n) is 9.31. The van der Waals surface area contributed by atoms with E-state index >= 15 is 0 Å². The summed E-state index contributed by atoms with van der Waals surface area (Å²) in [4.78, 5) is 3.68. The first-order valence-corrected chi connectivity index (χ1v) is 11.7. The quantitative estimate of drug-likeness (QED) is 0.349. The van der Waals surface area contributed by atoms with Gasteiger partial charge in [0.2, 0.25) is 0 Å². The van der Waals surface area contributed by atoms with Crippen LogP contribution in [-0.4, -0.2) is 72.4 Å². The molecular weight excluding hydrogens is 445 g/mol. The van der Waals surface area contributed by atoms with Gasteiger partial charge in [0.05, 0.1) is 11.4 Å². The molecule has 4 N–H and O–H groups in total. The van der Waals surface area contributed by atoms with Crippen LogP contribution in [0.1, 0.15) is 37.1 Å². The Morgan fingerprint density at radius 3 is 2.47 bits per heavy atom. The van der Waals surface area contributed by atoms with Crippen molar-refractivity contribution in [2.75, 3.05) is 52.1 Å². The maximum Gasteiger partial charge on any atom is 0.182 e. The zero-order valence-corrected chi connectivity index (χ0v) is 20.0. The molecular formula is C25H35F3N4O2. The summed E-state index contributed by atoms with van der Waals surface area (Å²) in [6.07, 6.45) is 1.38. The van der Waals surface area contributed by atoms with Gasteiger partial charge in [0.1, 0.15) is 17.6 Å². The molecule has 1 fully saturated rings. The average molecular weight is 481 g/mol. The van der Waals surface area contributed by atoms with E-state index in [-0.39, 0.29) is 30.0 Å². The van der Waals surface area contributed by atoms with Crippen LogP contribution in [0.15, 0.2) is 30.3 Å². The first-order valence-electron chi connectivity index (χ1n) is 11.7. The van der Waals surface area contributed by atoms with Crippen LogP contribution in [0.4, 0.5) is 24.5 Å². The predicted octanol–water partition coefficient (Wildman–Crippen LogP) is 3.38. The fourth-order valence-electron chi connectivity index (χ4n) is 4.11. The SMILES string of the molecule is CCc1ccc(Nc2c(C(O)N3CC(O)(CNCCCCN(C)C)C3)ccc(F)c2F)c(F)c1. The van der Waals surface area contributed by atoms with Gasteiger partial charge in [0.15, 0.2) is 11.6 Å². The fraction of sp³-hybridized carbons (Fsp3) is 0.520. The number of hydrogen-bond donors (Lipinski definition) is 4. The lowest BCUT2D eigenvalue weighted by atomic mass is 9.92. The Morgan fingerprint density at radius 2 is 1.82 bits per heavy atom. The number of β-amino-alcohol motifs (C(OH)–C–C–N with tert-alkyl or cyclic N) is 1. The fourth-order valence-corrected chi connectivity index (χ4v) is 4.11. The highest BCUT2D eigenvalue weighted by Gasteiger charge is 2.44. The van der Waals surface area contributed by atoms with E-state index in [1.165, 1.54) is 18.2 Å². The Kier molecular flexibility index (Phi) is 8.95. The van der Waals surface area contributed by atoms with E-state index in [0.29, 0.717) is 13.0 Å². The summed E-state index contributed by atoms with van der Waals surface area (Å²) in [6.45, 7) is 4.36. The summed E-state index contributed by atoms with van der Waals surface area (Å²) in [7, 11) is 4.05. The number of rotatable bonds is 12. The number of anilines is 2. The van der Waals surface area contributed by atoms with Crippen LogP contribution < -0.4 is 10.6 Å². The smallest absolute Gasteiger partial charge is 0.182 e. The Labute approximate surface area is 199 Å². The van der Waals surface area contributed by atoms with Crippen LogP contribution in [0.3, 0.4) is 0 Å². The highest BCUT2D eigenvalue weighted by Crippen LogP contribution is 2.36. The van der Waals surface area contributed by atoms with E-state index in [2.05, 4.69) is 15.5 Å². The third-order valence-corrected chi connectivity index (χ3v) is 6.11. The van der Waals surface area contributed by atoms with Crippen molar-refractivity contribution in [3.63, 3.8) is 0 Å². The minimum atomic E-state index is -1.30. The first kappa shape index (κ1) is 26.4. The number of halogens is 3. The van der Waals surface area contributed by atoms with Gasteiger partial charge in [-0.25, -0.2) is 13.2 Å². The van der Waals surface area contributed by atoms with Crippen LogP contribution in [0.5, 0.6) is 0 Å². The van der Waals surface area contributed by atoms with Crippen molar-refractivity contribution in [3.05, 3.63) is 58.9 Å². The van der Waals surface area contributed by atoms with Crippen LogP contribution in [0.2, 0.25) is 0 Å². The molecule has 0 bridgehead atoms. The van der Waals surface area contributed by atoms with Gasteiger partial charge in [-0.15, -0.1) is 0 Å². The highest BCUT2D eigenvalue weighted by atomic mass is 19.2. The molecule has 0 radical (unpaired) electrons. The average Bonchev–Trinajstić information content (AvgIpc) is 2.78. The second kappa shape index (κ2) is 11.5. The van der Waals surface area contributed by atoms with Gasteiger partial charge in [-0.3, -0.25) is 4.90 Å². The van der Waals surface area contributed by atoms with Gasteiger partial charge in [-0.2, -0.15) is 0 Å². The summed E-state index contributed by atoms with van der Waals surface area (Å²) >= 11 is 0. The van der Waals surface area contributed by atoms with E-state index in [9.17, 15) is 23.4 Å². The normalized spacial score (nSPS) is 16.5. The van der Waals surface area contributed by atoms with Crippen molar-refractivity contribution >= 4 is 11.4 Å². The van der Waals surface area contributed by atoms with Crippen molar-refractivity contribution < 1.29 is 23.4 Å². The number of benzene rings is 2. The minimum Gasteiger partial charge on any atom is -0.386 e. The largest absolute Gasteiger partial charge is 0.386 e. The van der Waals surface area contributed by atoms with Crippen molar-refractivity contribution in [1.82, 2.24) is 15.1 Å². The molecule has 0 saturated carbocycles. The van der Waals surface area contributed by atoms with E-state index in [0.717, 1.165) is 37.6 Å². The Hall–Kier alpha value is -2.17. The summed E-state index contributed by atoms with van der Waals surface area (Å²) in [5, 5.41) is 27.4. The monoisotopic (exact) mass is 480 g/mol. The van der Waals surface area contributed by atoms with Crippen LogP contribution in [-0.2, 0) is 6.42 Å². The number of aliphatic hydroxyl groups is 2. The molecule has 0 aliphatic carbocycles. The van der Waals surface area contributed by atoms with Gasteiger partial charge in [-0.1, -0.05) is 13.0 Å². The van der Waals surface area contributed by atoms with Gasteiger partial charge in [0, 0.05) is 25.2 Å². The maximum atomic E-state index is 14.7. The molecule has 1 heterocycles. The van der Waals surface area contributed by atoms with E-state index < -0.39 is 29.3 Å². The minimum absolute atomic E-state index is 0.0197. The van der Waals surface area contributed by atoms with Crippen molar-refractivity contribution in [2.24, 2.45) is 0 Å². The number of likely N-dealkylation sites (tertiary alicyclic amines) is 1. The standard InChI is InChI=1S/C25H35F3N4O2/c1-4-17-7-10-21(20(27)13-17)30-23-18(8-9-19(26)22(23)28)24(33)32-15-25(34,16-32)14-29-11-5-6-12-31(2)3/h7-10,13,24,29-30,33-34H,4-6,11-12,14-16H2,1-3H3. The number of hydrogen-bond acceptors (Lipinski definition) is 6. The summed E-state index contributed by atoms with van der Waals surface area (Å²) in [5.74, 6) is -2.91. The van der Waals surface area contributed by atoms with Crippen molar-refractivity contribution in [2.45, 2.75) is 38.0 Å². The zero-order valence-electron chi connectivity index (χ0n) is 20.0. The number of nitrogens with zero attached hydrogens (tertiary/aromatic N) is 2. The maximum absolute atomic E-state index is 14.7. The first-order chi connectivity index (χ1) is 16.1. The summed E-state index contributed by atoms with van der Waals surface area (Å²) in [5.41, 5.74) is -0.527. The van der Waals surface area contributed by atoms with E-state index in [4.69, 9.17) is 0 Å². The lowest BCUT2D eigenvalue weighted by molar-refractivity contribution is -0.160. The lowest BCUT2D eigenvalue weighted by Gasteiger charge is -2.49. The molecule has 3 rings (SSSR count). The van der Waals surface area contributed by atoms with Gasteiger partial charge in [0.25, 0.3) is 0 Å². The molecule has 188 valence electrons. The molecule has 0 spiro atoms. The molecule has 2 aromatic rings. The third-order valence-electron chi connectivity index (χ3n) is 6.11. The highest BCUT2D eigenvalue weighted by molar-refractivity contribution is 5.65. The van der Waals surface area contributed by atoms with Gasteiger partial charge < -0.3 is 25.7 Å². The zero-order chi connectivity index (χ0) is 24.9. The molecule has 9 heteroatoms. The molecule has 1 aliphatic rings. The Morgan fingerprint density at radius 1 is 1.09 bits per heavy atom. The van der Waals surface area contributed by atoms with E-state index in [1.807, 2.05) is 21.0 Å². The molecule has 0 aromatic heterocycles. The molecule has 0 amide bonds. The number of unbranched alkanes of at least 4 members (excludes halogenated alkanes) is 1. The third kappa shape index (κ3) is 6.49. The number of aryl methyl sites for hydroxylation is 1. The molecule has 1 unspecified atom stereocenters. The van der Waals surface area contributed by atoms with Gasteiger partial charge in [-0.05, 0) is 76.3 Å². The molecule has 1 atom stereocenters. The van der Waals surface area contributed by atoms with Crippen LogP contribution in [0.25, 0.3) is 0 Å². The number of nitrogens with one attached hydrogen (secondary N) is 2. The molecule has 1 aliphatic heterocycles. The summed E-state index contributed by atoms with van der Waals surface area (Å²) < 4.78 is 43.1. The van der Waals surface area contributed by atoms with Gasteiger partial charge >= 0.3 is 0 Å². The lowest BCUT2D eigenvalue weighted by Crippen LogP contribution is -2.66. The molecule has 2 aromatic carbocycles. The molecule has 1 saturated heterocycles. The second-order valence-corrected chi connectivity index (χ2v) is 9.31. The van der Waals surface area contributed by atoms with Crippen molar-refractivity contribution in [3.8, 4) is 0 Å².